The summed E-state index contributed by atoms with van der Waals surface area (Å²) in [5.41, 5.74) is 0.513. The molecule has 1 aromatic carbocycles. The number of piperazine rings is 1. The monoisotopic (exact) mass is 328 g/mol. The third-order valence-corrected chi connectivity index (χ3v) is 3.64. The summed E-state index contributed by atoms with van der Waals surface area (Å²) in [4.78, 5) is 25.4. The van der Waals surface area contributed by atoms with Gasteiger partial charge in [0.1, 0.15) is 18.4 Å². The van der Waals surface area contributed by atoms with Gasteiger partial charge in [0.25, 0.3) is 0 Å². The predicted octanol–water partition coefficient (Wildman–Crippen LogP) is 2.08. The molecule has 1 fully saturated rings. The largest absolute Gasteiger partial charge is 0.342 e. The number of anilines is 1. The summed E-state index contributed by atoms with van der Waals surface area (Å²) in [7, 11) is 0. The van der Waals surface area contributed by atoms with E-state index in [9.17, 15) is 14.0 Å². The number of carbonyl (C=O) groups is 2. The quantitative estimate of drug-likeness (QED) is 0.903. The summed E-state index contributed by atoms with van der Waals surface area (Å²) in [5.74, 6) is -0.784. The highest BCUT2D eigenvalue weighted by Crippen LogP contribution is 2.25. The van der Waals surface area contributed by atoms with E-state index in [-0.39, 0.29) is 28.7 Å². The predicted molar refractivity (Wildman–Crippen MR) is 73.2 cm³/mol. The number of nitrogens with one attached hydrogen (secondary N) is 1. The normalized spacial score (nSPS) is 19.8. The fraction of sp³-hybridized carbons (Fsp3) is 0.385. The first kappa shape index (κ1) is 14.0. The molecular formula is C13H14BrFN2O2. The minimum absolute atomic E-state index is 0.00291. The van der Waals surface area contributed by atoms with Gasteiger partial charge in [-0.05, 0) is 40.0 Å². The molecule has 0 bridgehead atoms. The van der Waals surface area contributed by atoms with Crippen LogP contribution in [0.25, 0.3) is 0 Å². The Hall–Kier alpha value is -1.43. The highest BCUT2D eigenvalue weighted by molar-refractivity contribution is 9.10. The van der Waals surface area contributed by atoms with Crippen LogP contribution in [0.5, 0.6) is 0 Å². The van der Waals surface area contributed by atoms with E-state index in [0.717, 1.165) is 0 Å². The van der Waals surface area contributed by atoms with Crippen LogP contribution < -0.4 is 10.2 Å². The maximum Gasteiger partial charge on any atom is 0.250 e. The molecule has 0 aliphatic carbocycles. The molecule has 2 amide bonds. The molecule has 1 aliphatic heterocycles. The number of benzene rings is 1. The molecule has 2 rings (SSSR count). The van der Waals surface area contributed by atoms with E-state index in [2.05, 4.69) is 21.2 Å². The van der Waals surface area contributed by atoms with Gasteiger partial charge in [0.2, 0.25) is 11.8 Å². The summed E-state index contributed by atoms with van der Waals surface area (Å²) in [6, 6.07) is 3.73. The molecule has 102 valence electrons. The highest BCUT2D eigenvalue weighted by Gasteiger charge is 2.35. The Kier molecular flexibility index (Phi) is 3.89. The smallest absolute Gasteiger partial charge is 0.250 e. The lowest BCUT2D eigenvalue weighted by molar-refractivity contribution is -0.132. The van der Waals surface area contributed by atoms with Crippen molar-refractivity contribution in [1.29, 1.82) is 0 Å². The second-order valence-corrected chi connectivity index (χ2v) is 5.67. The minimum Gasteiger partial charge on any atom is -0.342 e. The number of carbonyl (C=O) groups excluding carboxylic acids is 2. The van der Waals surface area contributed by atoms with Crippen molar-refractivity contribution in [2.45, 2.75) is 19.9 Å². The number of rotatable bonds is 2. The Bertz CT molecular complexity index is 533. The Morgan fingerprint density at radius 3 is 2.68 bits per heavy atom. The van der Waals surface area contributed by atoms with Crippen LogP contribution in [-0.2, 0) is 9.59 Å². The van der Waals surface area contributed by atoms with Crippen molar-refractivity contribution < 1.29 is 14.0 Å². The van der Waals surface area contributed by atoms with Crippen molar-refractivity contribution in [3.8, 4) is 0 Å². The lowest BCUT2D eigenvalue weighted by atomic mass is 10.0. The Morgan fingerprint density at radius 1 is 1.42 bits per heavy atom. The maximum absolute atomic E-state index is 13.2. The second-order valence-electron chi connectivity index (χ2n) is 4.81. The van der Waals surface area contributed by atoms with Crippen molar-refractivity contribution in [2.24, 2.45) is 5.92 Å². The van der Waals surface area contributed by atoms with Gasteiger partial charge in [-0.15, -0.1) is 0 Å². The van der Waals surface area contributed by atoms with Crippen LogP contribution in [0.3, 0.4) is 0 Å². The topological polar surface area (TPSA) is 49.4 Å². The van der Waals surface area contributed by atoms with Crippen molar-refractivity contribution in [2.75, 3.05) is 11.4 Å². The number of halogens is 2. The lowest BCUT2D eigenvalue weighted by Gasteiger charge is -2.34. The Morgan fingerprint density at radius 2 is 2.11 bits per heavy atom. The van der Waals surface area contributed by atoms with Crippen LogP contribution in [0.2, 0.25) is 0 Å². The summed E-state index contributed by atoms with van der Waals surface area (Å²) >= 11 is 3.08. The van der Waals surface area contributed by atoms with Gasteiger partial charge in [-0.3, -0.25) is 9.59 Å². The number of amides is 2. The van der Waals surface area contributed by atoms with Gasteiger partial charge in [0.05, 0.1) is 4.47 Å². The lowest BCUT2D eigenvalue weighted by Crippen LogP contribution is -2.60. The van der Waals surface area contributed by atoms with Gasteiger partial charge in [-0.2, -0.15) is 0 Å². The molecule has 19 heavy (non-hydrogen) atoms. The molecule has 0 saturated carbocycles. The van der Waals surface area contributed by atoms with Crippen LogP contribution in [0, 0.1) is 11.7 Å². The molecule has 1 aromatic rings. The van der Waals surface area contributed by atoms with Gasteiger partial charge >= 0.3 is 0 Å². The van der Waals surface area contributed by atoms with Crippen molar-refractivity contribution in [3.05, 3.63) is 28.5 Å². The molecule has 1 unspecified atom stereocenters. The molecule has 4 nitrogen and oxygen atoms in total. The summed E-state index contributed by atoms with van der Waals surface area (Å²) in [6.45, 7) is 3.69. The van der Waals surface area contributed by atoms with E-state index in [4.69, 9.17) is 0 Å². The minimum atomic E-state index is -0.537. The molecule has 1 saturated heterocycles. The first-order valence-electron chi connectivity index (χ1n) is 5.96. The third-order valence-electron chi connectivity index (χ3n) is 3.03. The molecule has 1 heterocycles. The first-order valence-corrected chi connectivity index (χ1v) is 6.75. The van der Waals surface area contributed by atoms with Crippen LogP contribution in [0.4, 0.5) is 10.1 Å². The van der Waals surface area contributed by atoms with E-state index in [0.29, 0.717) is 5.69 Å². The van der Waals surface area contributed by atoms with Crippen molar-refractivity contribution in [1.82, 2.24) is 5.32 Å². The van der Waals surface area contributed by atoms with Crippen LogP contribution in [-0.4, -0.2) is 24.4 Å². The SMILES string of the molecule is CC(C)C1NC(=O)CN(c2ccc(F)c(Br)c2)C1=O. The van der Waals surface area contributed by atoms with Crippen LogP contribution in [0.15, 0.2) is 22.7 Å². The Labute approximate surface area is 119 Å². The summed E-state index contributed by atoms with van der Waals surface area (Å²) < 4.78 is 13.5. The number of nitrogens with zero attached hydrogens (tertiary/aromatic N) is 1. The van der Waals surface area contributed by atoms with E-state index < -0.39 is 11.9 Å². The standard InChI is InChI=1S/C13H14BrFN2O2/c1-7(2)12-13(19)17(6-11(18)16-12)8-3-4-10(15)9(14)5-8/h3-5,7,12H,6H2,1-2H3,(H,16,18). The molecule has 6 heteroatoms. The zero-order chi connectivity index (χ0) is 14.2. The fourth-order valence-corrected chi connectivity index (χ4v) is 2.36. The molecule has 1 N–H and O–H groups in total. The van der Waals surface area contributed by atoms with Gasteiger partial charge in [0.15, 0.2) is 0 Å². The van der Waals surface area contributed by atoms with E-state index in [1.807, 2.05) is 13.8 Å². The Balaban J connectivity index is 2.34. The molecule has 0 spiro atoms. The van der Waals surface area contributed by atoms with Gasteiger partial charge in [-0.25, -0.2) is 4.39 Å². The van der Waals surface area contributed by atoms with Gasteiger partial charge in [0, 0.05) is 5.69 Å². The van der Waals surface area contributed by atoms with E-state index >= 15 is 0 Å². The second kappa shape index (κ2) is 5.28. The maximum atomic E-state index is 13.2. The van der Waals surface area contributed by atoms with E-state index in [1.54, 1.807) is 0 Å². The molecule has 0 radical (unpaired) electrons. The van der Waals surface area contributed by atoms with Crippen LogP contribution in [0.1, 0.15) is 13.8 Å². The highest BCUT2D eigenvalue weighted by atomic mass is 79.9. The van der Waals surface area contributed by atoms with Crippen LogP contribution >= 0.6 is 15.9 Å². The zero-order valence-corrected chi connectivity index (χ0v) is 12.2. The molecule has 1 aliphatic rings. The van der Waals surface area contributed by atoms with Gasteiger partial charge < -0.3 is 10.2 Å². The zero-order valence-electron chi connectivity index (χ0n) is 10.6. The first-order chi connectivity index (χ1) is 8.90. The molecule has 0 aromatic heterocycles. The van der Waals surface area contributed by atoms with Gasteiger partial charge in [-0.1, -0.05) is 13.8 Å². The molecule has 1 atom stereocenters. The summed E-state index contributed by atoms with van der Waals surface area (Å²) in [6.07, 6.45) is 0. The summed E-state index contributed by atoms with van der Waals surface area (Å²) in [5, 5.41) is 2.68. The van der Waals surface area contributed by atoms with Crippen molar-refractivity contribution in [3.63, 3.8) is 0 Å². The average Bonchev–Trinajstić information content (AvgIpc) is 2.35. The number of hydrogen-bond acceptors (Lipinski definition) is 2. The fourth-order valence-electron chi connectivity index (χ4n) is 1.99. The van der Waals surface area contributed by atoms with Crippen molar-refractivity contribution >= 4 is 33.4 Å². The average molecular weight is 329 g/mol. The number of hydrogen-bond donors (Lipinski definition) is 1. The van der Waals surface area contributed by atoms with E-state index in [1.165, 1.54) is 23.1 Å². The third kappa shape index (κ3) is 2.78. The molecular weight excluding hydrogens is 315 g/mol.